The third-order valence-corrected chi connectivity index (χ3v) is 4.36. The summed E-state index contributed by atoms with van der Waals surface area (Å²) in [7, 11) is 3.17. The van der Waals surface area contributed by atoms with Gasteiger partial charge in [-0.3, -0.25) is 4.79 Å². The largest absolute Gasteiger partial charge is 0.497 e. The van der Waals surface area contributed by atoms with Gasteiger partial charge >= 0.3 is 0 Å². The molecule has 1 N–H and O–H groups in total. The van der Waals surface area contributed by atoms with Gasteiger partial charge in [0.15, 0.2) is 11.5 Å². The van der Waals surface area contributed by atoms with E-state index in [1.54, 1.807) is 26.4 Å². The average Bonchev–Trinajstić information content (AvgIpc) is 2.76. The van der Waals surface area contributed by atoms with Crippen molar-refractivity contribution in [3.63, 3.8) is 0 Å². The Balaban J connectivity index is 1.99. The maximum atomic E-state index is 12.6. The molecule has 1 amide bonds. The third-order valence-electron chi connectivity index (χ3n) is 4.00. The Morgan fingerprint density at radius 3 is 2.52 bits per heavy atom. The lowest BCUT2D eigenvalue weighted by Crippen LogP contribution is -2.33. The summed E-state index contributed by atoms with van der Waals surface area (Å²) in [4.78, 5) is 12.6. The Morgan fingerprint density at radius 2 is 1.90 bits per heavy atom. The van der Waals surface area contributed by atoms with Gasteiger partial charge in [0.1, 0.15) is 18.1 Å². The maximum Gasteiger partial charge on any atom is 0.271 e. The van der Waals surface area contributed by atoms with Gasteiger partial charge in [-0.15, -0.1) is 6.42 Å². The van der Waals surface area contributed by atoms with E-state index in [1.165, 1.54) is 11.9 Å². The van der Waals surface area contributed by atoms with Crippen LogP contribution < -0.4 is 19.5 Å². The zero-order valence-corrected chi connectivity index (χ0v) is 17.5. The number of carbonyl (C=O) groups is 1. The Bertz CT molecular complexity index is 889. The van der Waals surface area contributed by atoms with Crippen LogP contribution in [0.3, 0.4) is 0 Å². The zero-order chi connectivity index (χ0) is 21.1. The number of amides is 1. The van der Waals surface area contributed by atoms with Crippen LogP contribution in [0.1, 0.15) is 11.1 Å². The van der Waals surface area contributed by atoms with Gasteiger partial charge in [0, 0.05) is 18.4 Å². The zero-order valence-electron chi connectivity index (χ0n) is 16.7. The fraction of sp³-hybridized carbons (Fsp3) is 0.273. The van der Waals surface area contributed by atoms with Crippen molar-refractivity contribution in [3.05, 3.63) is 53.6 Å². The highest BCUT2D eigenvalue weighted by molar-refractivity contribution is 7.97. The first-order valence-corrected chi connectivity index (χ1v) is 10.1. The Labute approximate surface area is 175 Å². The van der Waals surface area contributed by atoms with E-state index in [0.29, 0.717) is 30.2 Å². The number of benzene rings is 2. The van der Waals surface area contributed by atoms with E-state index in [1.807, 2.05) is 36.6 Å². The summed E-state index contributed by atoms with van der Waals surface area (Å²) in [6, 6.07) is 12.8. The number of nitrogens with zero attached hydrogens (tertiary/aromatic N) is 1. The summed E-state index contributed by atoms with van der Waals surface area (Å²) in [6.07, 6.45) is 7.66. The Morgan fingerprint density at radius 1 is 1.14 bits per heavy atom. The molecule has 0 heterocycles. The molecule has 0 aliphatic heterocycles. The minimum atomic E-state index is -0.231. The van der Waals surface area contributed by atoms with Crippen LogP contribution >= 0.6 is 11.9 Å². The van der Waals surface area contributed by atoms with E-state index >= 15 is 0 Å². The molecule has 152 valence electrons. The molecule has 2 aromatic carbocycles. The van der Waals surface area contributed by atoms with Crippen molar-refractivity contribution in [2.45, 2.75) is 6.42 Å². The van der Waals surface area contributed by atoms with Gasteiger partial charge in [0.05, 0.1) is 14.2 Å². The maximum absolute atomic E-state index is 12.6. The molecule has 6 nitrogen and oxygen atoms in total. The van der Waals surface area contributed by atoms with Crippen molar-refractivity contribution >= 4 is 23.6 Å². The second-order valence-corrected chi connectivity index (χ2v) is 6.38. The van der Waals surface area contributed by atoms with Gasteiger partial charge in [-0.25, -0.2) is 4.40 Å². The van der Waals surface area contributed by atoms with E-state index in [0.717, 1.165) is 16.9 Å². The average molecular weight is 413 g/mol. The molecule has 0 spiro atoms. The van der Waals surface area contributed by atoms with Crippen molar-refractivity contribution < 1.29 is 19.0 Å². The number of nitrogens with one attached hydrogen (secondary N) is 1. The molecule has 2 rings (SSSR count). The van der Waals surface area contributed by atoms with E-state index in [9.17, 15) is 4.79 Å². The number of hydrogen-bond acceptors (Lipinski definition) is 6. The topological polar surface area (TPSA) is 69.2 Å². The predicted octanol–water partition coefficient (Wildman–Crippen LogP) is 3.14. The Kier molecular flexibility index (Phi) is 8.93. The molecule has 0 unspecified atom stereocenters. The lowest BCUT2D eigenvalue weighted by atomic mass is 10.1. The number of methoxy groups -OCH3 is 2. The summed E-state index contributed by atoms with van der Waals surface area (Å²) in [5.41, 5.74) is 2.10. The number of carbonyl (C=O) groups excluding carboxylic acids is 1. The molecule has 2 aromatic rings. The minimum Gasteiger partial charge on any atom is -0.497 e. The highest BCUT2D eigenvalue weighted by Crippen LogP contribution is 2.28. The van der Waals surface area contributed by atoms with Crippen molar-refractivity contribution in [2.75, 3.05) is 33.6 Å². The molecule has 0 fully saturated rings. The van der Waals surface area contributed by atoms with E-state index < -0.39 is 0 Å². The number of terminal acetylenes is 1. The Hall–Kier alpha value is -3.11. The SMILES string of the molecule is C#CCOc1ccc(CCNC(=O)/C(=N\SC)c2ccc(OC)cc2)cc1OC. The molecule has 7 heteroatoms. The monoisotopic (exact) mass is 412 g/mol. The molecule has 0 saturated carbocycles. The van der Waals surface area contributed by atoms with Crippen LogP contribution in [0.25, 0.3) is 0 Å². The fourth-order valence-corrected chi connectivity index (χ4v) is 2.95. The molecule has 0 aliphatic rings. The highest BCUT2D eigenvalue weighted by atomic mass is 32.2. The van der Waals surface area contributed by atoms with E-state index in [4.69, 9.17) is 20.6 Å². The summed E-state index contributed by atoms with van der Waals surface area (Å²) >= 11 is 1.24. The summed E-state index contributed by atoms with van der Waals surface area (Å²) < 4.78 is 20.2. The second-order valence-electron chi connectivity index (χ2n) is 5.83. The molecule has 0 aromatic heterocycles. The van der Waals surface area contributed by atoms with Crippen LogP contribution in [-0.2, 0) is 11.2 Å². The second kappa shape index (κ2) is 11.7. The first-order valence-electron chi connectivity index (χ1n) is 8.89. The summed E-state index contributed by atoms with van der Waals surface area (Å²) in [5, 5.41) is 2.92. The smallest absolute Gasteiger partial charge is 0.271 e. The molecular weight excluding hydrogens is 388 g/mol. The molecule has 0 radical (unpaired) electrons. The van der Waals surface area contributed by atoms with Gasteiger partial charge < -0.3 is 19.5 Å². The number of rotatable bonds is 10. The first-order chi connectivity index (χ1) is 14.1. The lowest BCUT2D eigenvalue weighted by Gasteiger charge is -2.12. The van der Waals surface area contributed by atoms with E-state index in [-0.39, 0.29) is 12.5 Å². The molecule has 0 aliphatic carbocycles. The van der Waals surface area contributed by atoms with Crippen LogP contribution in [0.15, 0.2) is 46.9 Å². The van der Waals surface area contributed by atoms with Crippen LogP contribution in [0.2, 0.25) is 0 Å². The molecular formula is C22H24N2O4S. The van der Waals surface area contributed by atoms with Crippen LogP contribution in [0.4, 0.5) is 0 Å². The number of ether oxygens (including phenoxy) is 3. The quantitative estimate of drug-likeness (QED) is 0.369. The molecule has 29 heavy (non-hydrogen) atoms. The fourth-order valence-electron chi connectivity index (χ4n) is 2.58. The van der Waals surface area contributed by atoms with E-state index in [2.05, 4.69) is 15.6 Å². The van der Waals surface area contributed by atoms with Gasteiger partial charge in [-0.05, 0) is 60.3 Å². The summed E-state index contributed by atoms with van der Waals surface area (Å²) in [5.74, 6) is 4.11. The van der Waals surface area contributed by atoms with Gasteiger partial charge in [-0.2, -0.15) is 0 Å². The van der Waals surface area contributed by atoms with Crippen LogP contribution in [0.5, 0.6) is 17.2 Å². The van der Waals surface area contributed by atoms with Crippen molar-refractivity contribution in [2.24, 2.45) is 4.40 Å². The summed E-state index contributed by atoms with van der Waals surface area (Å²) in [6.45, 7) is 0.630. The minimum absolute atomic E-state index is 0.175. The first kappa shape index (κ1) is 22.2. The lowest BCUT2D eigenvalue weighted by molar-refractivity contribution is -0.114. The normalized spacial score (nSPS) is 10.8. The van der Waals surface area contributed by atoms with Crippen molar-refractivity contribution in [1.82, 2.24) is 5.32 Å². The van der Waals surface area contributed by atoms with Crippen molar-refractivity contribution in [1.29, 1.82) is 0 Å². The number of hydrogen-bond donors (Lipinski definition) is 1. The van der Waals surface area contributed by atoms with Crippen LogP contribution in [0, 0.1) is 12.3 Å². The van der Waals surface area contributed by atoms with Crippen LogP contribution in [-0.4, -0.2) is 45.2 Å². The predicted molar refractivity (Wildman–Crippen MR) is 117 cm³/mol. The third kappa shape index (κ3) is 6.47. The highest BCUT2D eigenvalue weighted by Gasteiger charge is 2.14. The van der Waals surface area contributed by atoms with Gasteiger partial charge in [-0.1, -0.05) is 12.0 Å². The molecule has 0 saturated heterocycles. The van der Waals surface area contributed by atoms with Gasteiger partial charge in [0.2, 0.25) is 0 Å². The van der Waals surface area contributed by atoms with Crippen molar-refractivity contribution in [3.8, 4) is 29.6 Å². The molecule has 0 atom stereocenters. The molecule has 0 bridgehead atoms. The standard InChI is InChI=1S/C22H24N2O4S/c1-5-14-28-19-11-6-16(15-20(19)27-3)12-13-23-22(25)21(24-29-4)17-7-9-18(26-2)10-8-17/h1,6-11,15H,12-14H2,2-4H3,(H,23,25)/b24-21-. The van der Waals surface area contributed by atoms with Gasteiger partial charge in [0.25, 0.3) is 5.91 Å².